The zero-order chi connectivity index (χ0) is 27.2. The van der Waals surface area contributed by atoms with Gasteiger partial charge in [-0.15, -0.1) is 0 Å². The van der Waals surface area contributed by atoms with E-state index < -0.39 is 29.3 Å². The predicted molar refractivity (Wildman–Crippen MR) is 136 cm³/mol. The predicted octanol–water partition coefficient (Wildman–Crippen LogP) is 6.35. The average molecular weight is 515 g/mol. The fourth-order valence-corrected chi connectivity index (χ4v) is 4.16. The minimum Gasteiger partial charge on any atom is -0.497 e. The topological polar surface area (TPSA) is 74.2 Å². The fourth-order valence-electron chi connectivity index (χ4n) is 4.16. The molecule has 198 valence electrons. The van der Waals surface area contributed by atoms with Crippen LogP contribution in [-0.2, 0) is 27.3 Å². The lowest BCUT2D eigenvalue weighted by Gasteiger charge is -2.34. The molecular weight excluding hydrogens is 482 g/mol. The first kappa shape index (κ1) is 28.1. The molecular formula is C29H32F2O6. The van der Waals surface area contributed by atoms with Crippen LogP contribution in [0.15, 0.2) is 54.6 Å². The van der Waals surface area contributed by atoms with Gasteiger partial charge in [-0.3, -0.25) is 4.79 Å². The maximum atomic E-state index is 15.0. The molecule has 0 aromatic heterocycles. The molecule has 6 nitrogen and oxygen atoms in total. The number of hydrogen-bond donors (Lipinski definition) is 1. The molecule has 3 aromatic carbocycles. The van der Waals surface area contributed by atoms with E-state index in [2.05, 4.69) is 0 Å². The van der Waals surface area contributed by atoms with E-state index >= 15 is 0 Å². The van der Waals surface area contributed by atoms with Gasteiger partial charge in [0, 0.05) is 26.2 Å². The number of rotatable bonds is 12. The minimum atomic E-state index is -1.00. The molecule has 3 aromatic rings. The summed E-state index contributed by atoms with van der Waals surface area (Å²) in [7, 11) is 4.64. The summed E-state index contributed by atoms with van der Waals surface area (Å²) in [6.45, 7) is 3.76. The number of benzene rings is 3. The summed E-state index contributed by atoms with van der Waals surface area (Å²) in [6.07, 6.45) is -0.695. The third kappa shape index (κ3) is 6.64. The number of methoxy groups -OCH3 is 3. The van der Waals surface area contributed by atoms with Crippen LogP contribution < -0.4 is 9.47 Å². The molecule has 0 aliphatic rings. The molecule has 1 atom stereocenters. The van der Waals surface area contributed by atoms with Gasteiger partial charge < -0.3 is 24.1 Å². The molecule has 0 amide bonds. The van der Waals surface area contributed by atoms with Crippen molar-refractivity contribution in [1.29, 1.82) is 0 Å². The van der Waals surface area contributed by atoms with Crippen LogP contribution in [0.1, 0.15) is 43.1 Å². The Hall–Kier alpha value is -3.49. The van der Waals surface area contributed by atoms with Crippen LogP contribution in [0.25, 0.3) is 11.1 Å². The van der Waals surface area contributed by atoms with Crippen molar-refractivity contribution in [3.05, 3.63) is 82.9 Å². The Labute approximate surface area is 215 Å². The SMILES string of the molecule is COc1ccc(F)c(-c2ccc(COc3cccc(CCC(=O)O)c3F)cc2C(OC)C(C)(C)OC)c1. The second kappa shape index (κ2) is 12.2. The molecule has 0 saturated heterocycles. The van der Waals surface area contributed by atoms with Crippen LogP contribution in [0.3, 0.4) is 0 Å². The van der Waals surface area contributed by atoms with Crippen LogP contribution in [0, 0.1) is 11.6 Å². The molecule has 0 aliphatic heterocycles. The van der Waals surface area contributed by atoms with E-state index in [0.29, 0.717) is 28.0 Å². The first-order valence-corrected chi connectivity index (χ1v) is 11.8. The van der Waals surface area contributed by atoms with Gasteiger partial charge in [0.05, 0.1) is 12.7 Å². The number of carboxylic acids is 1. The van der Waals surface area contributed by atoms with Crippen molar-refractivity contribution < 1.29 is 37.6 Å². The summed E-state index contributed by atoms with van der Waals surface area (Å²) in [5.74, 6) is -1.48. The number of carbonyl (C=O) groups is 1. The van der Waals surface area contributed by atoms with E-state index in [1.54, 1.807) is 44.6 Å². The van der Waals surface area contributed by atoms with Gasteiger partial charge in [-0.05, 0) is 72.9 Å². The summed E-state index contributed by atoms with van der Waals surface area (Å²) in [5, 5.41) is 8.90. The molecule has 0 heterocycles. The van der Waals surface area contributed by atoms with Crippen molar-refractivity contribution in [3.63, 3.8) is 0 Å². The van der Waals surface area contributed by atoms with Gasteiger partial charge in [0.15, 0.2) is 11.6 Å². The molecule has 1 unspecified atom stereocenters. The van der Waals surface area contributed by atoms with Gasteiger partial charge in [0.1, 0.15) is 24.3 Å². The van der Waals surface area contributed by atoms with E-state index in [1.807, 2.05) is 19.9 Å². The van der Waals surface area contributed by atoms with Crippen molar-refractivity contribution in [2.24, 2.45) is 0 Å². The second-order valence-corrected chi connectivity index (χ2v) is 9.10. The molecule has 0 saturated carbocycles. The standard InChI is InChI=1S/C29H32F2O6/c1-29(2,36-5)28(35-4)23-15-18(9-12-21(23)22-16-20(34-3)11-13-24(22)30)17-37-25-8-6-7-19(27(25)31)10-14-26(32)33/h6-9,11-13,15-16,28H,10,14,17H2,1-5H3,(H,32,33). The Morgan fingerprint density at radius 2 is 1.76 bits per heavy atom. The van der Waals surface area contributed by atoms with Crippen molar-refractivity contribution in [2.75, 3.05) is 21.3 Å². The molecule has 0 spiro atoms. The van der Waals surface area contributed by atoms with Crippen LogP contribution in [0.4, 0.5) is 8.78 Å². The number of carboxylic acid groups (broad SMARTS) is 1. The largest absolute Gasteiger partial charge is 0.497 e. The summed E-state index contributed by atoms with van der Waals surface area (Å²) in [6, 6.07) is 14.5. The van der Waals surface area contributed by atoms with Crippen molar-refractivity contribution in [3.8, 4) is 22.6 Å². The van der Waals surface area contributed by atoms with E-state index in [1.165, 1.54) is 25.3 Å². The van der Waals surface area contributed by atoms with Crippen LogP contribution in [-0.4, -0.2) is 38.0 Å². The van der Waals surface area contributed by atoms with Gasteiger partial charge >= 0.3 is 5.97 Å². The smallest absolute Gasteiger partial charge is 0.303 e. The Bertz CT molecular complexity index is 1240. The number of aliphatic carboxylic acids is 1. The lowest BCUT2D eigenvalue weighted by atomic mass is 9.87. The lowest BCUT2D eigenvalue weighted by molar-refractivity contribution is -0.136. The Kier molecular flexibility index (Phi) is 9.23. The van der Waals surface area contributed by atoms with Crippen LogP contribution in [0.2, 0.25) is 0 Å². The third-order valence-electron chi connectivity index (χ3n) is 6.30. The summed E-state index contributed by atoms with van der Waals surface area (Å²) >= 11 is 0. The zero-order valence-electron chi connectivity index (χ0n) is 21.6. The van der Waals surface area contributed by atoms with E-state index in [9.17, 15) is 13.6 Å². The van der Waals surface area contributed by atoms with Gasteiger partial charge in [0.2, 0.25) is 0 Å². The normalized spacial score (nSPS) is 12.3. The highest BCUT2D eigenvalue weighted by Crippen LogP contribution is 2.40. The summed E-state index contributed by atoms with van der Waals surface area (Å²) in [4.78, 5) is 10.9. The summed E-state index contributed by atoms with van der Waals surface area (Å²) in [5.41, 5.74) is 1.81. The molecule has 1 N–H and O–H groups in total. The molecule has 0 bridgehead atoms. The van der Waals surface area contributed by atoms with Crippen molar-refractivity contribution >= 4 is 5.97 Å². The maximum Gasteiger partial charge on any atom is 0.303 e. The van der Waals surface area contributed by atoms with E-state index in [4.69, 9.17) is 24.1 Å². The molecule has 3 rings (SSSR count). The first-order chi connectivity index (χ1) is 17.6. The Morgan fingerprint density at radius 1 is 1.00 bits per heavy atom. The molecule has 0 aliphatic carbocycles. The number of ether oxygens (including phenoxy) is 4. The average Bonchev–Trinajstić information content (AvgIpc) is 2.88. The molecule has 37 heavy (non-hydrogen) atoms. The highest BCUT2D eigenvalue weighted by Gasteiger charge is 2.33. The monoisotopic (exact) mass is 514 g/mol. The van der Waals surface area contributed by atoms with E-state index in [-0.39, 0.29) is 30.8 Å². The van der Waals surface area contributed by atoms with Gasteiger partial charge in [0.25, 0.3) is 0 Å². The molecule has 8 heteroatoms. The maximum absolute atomic E-state index is 15.0. The molecule has 0 fully saturated rings. The Balaban J connectivity index is 2.00. The van der Waals surface area contributed by atoms with Crippen LogP contribution in [0.5, 0.6) is 11.5 Å². The third-order valence-corrected chi connectivity index (χ3v) is 6.30. The Morgan fingerprint density at radius 3 is 2.41 bits per heavy atom. The number of hydrogen-bond acceptors (Lipinski definition) is 5. The highest BCUT2D eigenvalue weighted by molar-refractivity contribution is 5.71. The van der Waals surface area contributed by atoms with Gasteiger partial charge in [-0.1, -0.05) is 24.3 Å². The van der Waals surface area contributed by atoms with Crippen molar-refractivity contribution in [1.82, 2.24) is 0 Å². The quantitative estimate of drug-likeness (QED) is 0.304. The van der Waals surface area contributed by atoms with Gasteiger partial charge in [-0.2, -0.15) is 0 Å². The fraction of sp³-hybridized carbons (Fsp3) is 0.345. The zero-order valence-corrected chi connectivity index (χ0v) is 21.6. The van der Waals surface area contributed by atoms with E-state index in [0.717, 1.165) is 0 Å². The highest BCUT2D eigenvalue weighted by atomic mass is 19.1. The van der Waals surface area contributed by atoms with Crippen molar-refractivity contribution in [2.45, 2.75) is 45.0 Å². The number of aryl methyl sites for hydroxylation is 1. The minimum absolute atomic E-state index is 0.0212. The molecule has 0 radical (unpaired) electrons. The summed E-state index contributed by atoms with van der Waals surface area (Å²) < 4.78 is 52.4. The lowest BCUT2D eigenvalue weighted by Crippen LogP contribution is -2.33. The van der Waals surface area contributed by atoms with Crippen LogP contribution >= 0.6 is 0 Å². The van der Waals surface area contributed by atoms with Gasteiger partial charge in [-0.25, -0.2) is 8.78 Å². The second-order valence-electron chi connectivity index (χ2n) is 9.10. The first-order valence-electron chi connectivity index (χ1n) is 11.8. The number of halogens is 2.